The molecule has 0 N–H and O–H groups in total. The van der Waals surface area contributed by atoms with Crippen molar-refractivity contribution in [1.82, 2.24) is 29.5 Å². The van der Waals surface area contributed by atoms with Crippen molar-refractivity contribution >= 4 is 11.8 Å². The van der Waals surface area contributed by atoms with Crippen LogP contribution in [0.4, 0.5) is 0 Å². The molecule has 126 valence electrons. The van der Waals surface area contributed by atoms with Crippen LogP contribution in [-0.4, -0.2) is 29.5 Å². The van der Waals surface area contributed by atoms with E-state index in [0.717, 1.165) is 29.1 Å². The molecule has 6 nitrogen and oxygen atoms in total. The zero-order valence-electron chi connectivity index (χ0n) is 14.3. The Morgan fingerprint density at radius 3 is 2.74 bits per heavy atom. The molecule has 0 saturated heterocycles. The number of hydrogen-bond donors (Lipinski definition) is 0. The predicted molar refractivity (Wildman–Crippen MR) is 91.3 cm³/mol. The molecule has 0 radical (unpaired) electrons. The van der Waals surface area contributed by atoms with E-state index in [-0.39, 0.29) is 0 Å². The Balaban J connectivity index is 1.70. The molecule has 1 aliphatic rings. The molecule has 1 saturated carbocycles. The van der Waals surface area contributed by atoms with Crippen LogP contribution >= 0.6 is 11.8 Å². The number of rotatable bonds is 6. The highest BCUT2D eigenvalue weighted by Gasteiger charge is 2.21. The quantitative estimate of drug-likeness (QED) is 0.755. The fourth-order valence-electron chi connectivity index (χ4n) is 3.24. The molecule has 7 heteroatoms. The molecule has 3 rings (SSSR count). The minimum absolute atomic E-state index is 0.564. The maximum atomic E-state index is 4.41. The molecule has 2 aromatic rings. The maximum absolute atomic E-state index is 4.41. The zero-order chi connectivity index (χ0) is 16.2. The highest BCUT2D eigenvalue weighted by Crippen LogP contribution is 2.33. The molecule has 1 aliphatic carbocycles. The number of aryl methyl sites for hydroxylation is 1. The van der Waals surface area contributed by atoms with Crippen molar-refractivity contribution in [3.8, 4) is 0 Å². The van der Waals surface area contributed by atoms with Crippen LogP contribution < -0.4 is 0 Å². The Labute approximate surface area is 142 Å². The first-order valence-corrected chi connectivity index (χ1v) is 9.54. The van der Waals surface area contributed by atoms with Gasteiger partial charge in [0.2, 0.25) is 0 Å². The van der Waals surface area contributed by atoms with Crippen molar-refractivity contribution in [3.05, 3.63) is 18.0 Å². The highest BCUT2D eigenvalue weighted by molar-refractivity contribution is 7.98. The molecule has 23 heavy (non-hydrogen) atoms. The van der Waals surface area contributed by atoms with Crippen LogP contribution in [0.1, 0.15) is 63.6 Å². The second kappa shape index (κ2) is 7.47. The van der Waals surface area contributed by atoms with E-state index in [1.54, 1.807) is 18.1 Å². The molecule has 2 heterocycles. The van der Waals surface area contributed by atoms with Gasteiger partial charge in [0.1, 0.15) is 18.0 Å². The lowest BCUT2D eigenvalue weighted by atomic mass is 9.95. The summed E-state index contributed by atoms with van der Waals surface area (Å²) in [5, 5.41) is 14.1. The summed E-state index contributed by atoms with van der Waals surface area (Å²) >= 11 is 1.73. The van der Waals surface area contributed by atoms with Gasteiger partial charge in [0.15, 0.2) is 5.16 Å². The molecule has 0 amide bonds. The van der Waals surface area contributed by atoms with Crippen molar-refractivity contribution in [2.24, 2.45) is 5.92 Å². The fraction of sp³-hybridized carbons (Fsp3) is 0.750. The molecule has 0 bridgehead atoms. The number of thioether (sulfide) groups is 1. The smallest absolute Gasteiger partial charge is 0.191 e. The molecule has 0 spiro atoms. The molecule has 0 atom stereocenters. The van der Waals surface area contributed by atoms with Crippen LogP contribution in [0.25, 0.3) is 0 Å². The summed E-state index contributed by atoms with van der Waals surface area (Å²) in [6.07, 6.45) is 8.13. The van der Waals surface area contributed by atoms with E-state index >= 15 is 0 Å². The van der Waals surface area contributed by atoms with Gasteiger partial charge < -0.3 is 4.57 Å². The Morgan fingerprint density at radius 1 is 1.22 bits per heavy atom. The summed E-state index contributed by atoms with van der Waals surface area (Å²) in [5.74, 6) is 3.40. The van der Waals surface area contributed by atoms with Gasteiger partial charge in [-0.25, -0.2) is 9.67 Å². The van der Waals surface area contributed by atoms with E-state index in [1.165, 1.54) is 32.1 Å². The van der Waals surface area contributed by atoms with Gasteiger partial charge in [0, 0.05) is 12.6 Å². The minimum Gasteiger partial charge on any atom is -0.303 e. The molecule has 2 aromatic heterocycles. The molecule has 0 unspecified atom stereocenters. The average Bonchev–Trinajstić information content (AvgIpc) is 3.12. The largest absolute Gasteiger partial charge is 0.303 e. The van der Waals surface area contributed by atoms with Crippen LogP contribution in [0.5, 0.6) is 0 Å². The summed E-state index contributed by atoms with van der Waals surface area (Å²) in [4.78, 5) is 4.41. The second-order valence-corrected chi connectivity index (χ2v) is 7.68. The van der Waals surface area contributed by atoms with Gasteiger partial charge in [-0.2, -0.15) is 5.10 Å². The van der Waals surface area contributed by atoms with Crippen LogP contribution in [0.2, 0.25) is 0 Å². The standard InChI is InChI=1S/C16H26N6S/c1-12(2)9-21-15(17-11-18-21)10-23-16-20-19-13(3)22(16)14-7-5-4-6-8-14/h11-12,14H,4-10H2,1-3H3. The first-order valence-electron chi connectivity index (χ1n) is 8.56. The zero-order valence-corrected chi connectivity index (χ0v) is 15.1. The van der Waals surface area contributed by atoms with E-state index in [0.29, 0.717) is 12.0 Å². The van der Waals surface area contributed by atoms with E-state index in [9.17, 15) is 0 Å². The molecule has 0 aliphatic heterocycles. The summed E-state index contributed by atoms with van der Waals surface area (Å²) < 4.78 is 4.35. The highest BCUT2D eigenvalue weighted by atomic mass is 32.2. The van der Waals surface area contributed by atoms with Crippen molar-refractivity contribution in [2.45, 2.75) is 76.4 Å². The van der Waals surface area contributed by atoms with Gasteiger partial charge in [-0.05, 0) is 25.7 Å². The van der Waals surface area contributed by atoms with Gasteiger partial charge in [-0.3, -0.25) is 0 Å². The fourth-order valence-corrected chi connectivity index (χ4v) is 4.24. The van der Waals surface area contributed by atoms with Crippen LogP contribution in [0.3, 0.4) is 0 Å². The third-order valence-electron chi connectivity index (χ3n) is 4.34. The van der Waals surface area contributed by atoms with Crippen molar-refractivity contribution in [1.29, 1.82) is 0 Å². The molecule has 0 aromatic carbocycles. The monoisotopic (exact) mass is 334 g/mol. The van der Waals surface area contributed by atoms with Gasteiger partial charge in [-0.15, -0.1) is 10.2 Å². The van der Waals surface area contributed by atoms with Crippen molar-refractivity contribution in [3.63, 3.8) is 0 Å². The third-order valence-corrected chi connectivity index (χ3v) is 5.28. The van der Waals surface area contributed by atoms with E-state index in [4.69, 9.17) is 0 Å². The summed E-state index contributed by atoms with van der Waals surface area (Å²) in [6.45, 7) is 7.36. The van der Waals surface area contributed by atoms with Gasteiger partial charge in [-0.1, -0.05) is 44.9 Å². The average molecular weight is 334 g/mol. The van der Waals surface area contributed by atoms with Crippen molar-refractivity contribution in [2.75, 3.05) is 0 Å². The summed E-state index contributed by atoms with van der Waals surface area (Å²) in [6, 6.07) is 0.565. The Kier molecular flexibility index (Phi) is 5.35. The number of hydrogen-bond acceptors (Lipinski definition) is 5. The van der Waals surface area contributed by atoms with Crippen LogP contribution in [-0.2, 0) is 12.3 Å². The Morgan fingerprint density at radius 2 is 2.00 bits per heavy atom. The van der Waals surface area contributed by atoms with E-state index in [2.05, 4.69) is 45.6 Å². The molecular weight excluding hydrogens is 308 g/mol. The topological polar surface area (TPSA) is 61.4 Å². The minimum atomic E-state index is 0.564. The lowest BCUT2D eigenvalue weighted by Crippen LogP contribution is -2.15. The summed E-state index contributed by atoms with van der Waals surface area (Å²) in [5.41, 5.74) is 0. The van der Waals surface area contributed by atoms with E-state index < -0.39 is 0 Å². The Hall–Kier alpha value is -1.37. The first-order chi connectivity index (χ1) is 11.1. The lowest BCUT2D eigenvalue weighted by molar-refractivity contribution is 0.332. The normalized spacial score (nSPS) is 16.3. The predicted octanol–water partition coefficient (Wildman–Crippen LogP) is 3.63. The lowest BCUT2D eigenvalue weighted by Gasteiger charge is -2.24. The van der Waals surface area contributed by atoms with Gasteiger partial charge in [0.25, 0.3) is 0 Å². The van der Waals surface area contributed by atoms with Gasteiger partial charge in [0.05, 0.1) is 5.75 Å². The Bertz CT molecular complexity index is 626. The van der Waals surface area contributed by atoms with Crippen LogP contribution in [0.15, 0.2) is 11.5 Å². The van der Waals surface area contributed by atoms with Crippen LogP contribution in [0, 0.1) is 12.8 Å². The van der Waals surface area contributed by atoms with Gasteiger partial charge >= 0.3 is 0 Å². The maximum Gasteiger partial charge on any atom is 0.191 e. The molecule has 1 fully saturated rings. The SMILES string of the molecule is Cc1nnc(SCc2ncnn2CC(C)C)n1C1CCCCC1. The third kappa shape index (κ3) is 3.94. The number of nitrogens with zero attached hydrogens (tertiary/aromatic N) is 6. The second-order valence-electron chi connectivity index (χ2n) is 6.73. The summed E-state index contributed by atoms with van der Waals surface area (Å²) in [7, 11) is 0. The van der Waals surface area contributed by atoms with E-state index in [1.807, 2.05) is 4.68 Å². The molecular formula is C16H26N6S. The first kappa shape index (κ1) is 16.5. The van der Waals surface area contributed by atoms with Crippen molar-refractivity contribution < 1.29 is 0 Å². The number of aromatic nitrogens is 6.